The van der Waals surface area contributed by atoms with Crippen LogP contribution in [0.15, 0.2) is 10.4 Å². The first-order chi connectivity index (χ1) is 11.5. The van der Waals surface area contributed by atoms with E-state index in [2.05, 4.69) is 25.5 Å². The Labute approximate surface area is 167 Å². The fourth-order valence-electron chi connectivity index (χ4n) is 2.52. The van der Waals surface area contributed by atoms with Crippen LogP contribution < -0.4 is 10.6 Å². The van der Waals surface area contributed by atoms with E-state index in [9.17, 15) is 13.2 Å². The molecular formula is C15H25F3IN5S. The van der Waals surface area contributed by atoms with Crippen LogP contribution in [0.1, 0.15) is 36.9 Å². The largest absolute Gasteiger partial charge is 0.434 e. The van der Waals surface area contributed by atoms with E-state index in [-0.39, 0.29) is 30.5 Å². The lowest BCUT2D eigenvalue weighted by atomic mass is 10.1. The zero-order valence-corrected chi connectivity index (χ0v) is 17.4. The van der Waals surface area contributed by atoms with E-state index in [1.807, 2.05) is 6.92 Å². The van der Waals surface area contributed by atoms with Crippen molar-refractivity contribution in [2.45, 2.75) is 38.9 Å². The molecule has 10 heteroatoms. The van der Waals surface area contributed by atoms with Gasteiger partial charge in [-0.1, -0.05) is 6.42 Å². The summed E-state index contributed by atoms with van der Waals surface area (Å²) in [7, 11) is 0. The van der Waals surface area contributed by atoms with Crippen molar-refractivity contribution >= 4 is 41.3 Å². The molecule has 25 heavy (non-hydrogen) atoms. The molecule has 0 unspecified atom stereocenters. The van der Waals surface area contributed by atoms with Gasteiger partial charge >= 0.3 is 6.18 Å². The van der Waals surface area contributed by atoms with Crippen molar-refractivity contribution in [1.29, 1.82) is 0 Å². The van der Waals surface area contributed by atoms with Gasteiger partial charge in [0, 0.05) is 25.0 Å². The number of hydrogen-bond donors (Lipinski definition) is 2. The summed E-state index contributed by atoms with van der Waals surface area (Å²) in [6, 6.07) is 0. The number of aromatic nitrogens is 1. The fourth-order valence-corrected chi connectivity index (χ4v) is 3.24. The predicted molar refractivity (Wildman–Crippen MR) is 106 cm³/mol. The Morgan fingerprint density at radius 1 is 1.28 bits per heavy atom. The Morgan fingerprint density at radius 3 is 2.60 bits per heavy atom. The van der Waals surface area contributed by atoms with Gasteiger partial charge in [-0.05, 0) is 32.9 Å². The third-order valence-electron chi connectivity index (χ3n) is 3.73. The van der Waals surface area contributed by atoms with Crippen LogP contribution in [0.25, 0.3) is 0 Å². The molecule has 0 spiro atoms. The minimum atomic E-state index is -4.39. The number of aliphatic imine (C=N–C) groups is 1. The van der Waals surface area contributed by atoms with E-state index < -0.39 is 11.9 Å². The Morgan fingerprint density at radius 2 is 2.00 bits per heavy atom. The van der Waals surface area contributed by atoms with Crippen LogP contribution in [0.2, 0.25) is 0 Å². The molecule has 1 aliphatic heterocycles. The summed E-state index contributed by atoms with van der Waals surface area (Å²) in [6.45, 7) is 6.76. The second-order valence-corrected chi connectivity index (χ2v) is 6.59. The normalized spacial score (nSPS) is 16.4. The average Bonchev–Trinajstić information content (AvgIpc) is 3.03. The number of nitrogens with zero attached hydrogens (tertiary/aromatic N) is 3. The number of halogens is 4. The zero-order valence-electron chi connectivity index (χ0n) is 14.2. The number of guanidine groups is 1. The van der Waals surface area contributed by atoms with Gasteiger partial charge in [-0.3, -0.25) is 0 Å². The number of thiazole rings is 1. The first kappa shape index (κ1) is 22.4. The molecule has 1 saturated heterocycles. The van der Waals surface area contributed by atoms with Crippen LogP contribution in [0.3, 0.4) is 0 Å². The van der Waals surface area contributed by atoms with Crippen LogP contribution in [-0.2, 0) is 12.7 Å². The van der Waals surface area contributed by atoms with Crippen molar-refractivity contribution in [2.75, 3.05) is 32.7 Å². The minimum absolute atomic E-state index is 0. The van der Waals surface area contributed by atoms with Gasteiger partial charge in [0.2, 0.25) is 0 Å². The van der Waals surface area contributed by atoms with Crippen molar-refractivity contribution in [3.63, 3.8) is 0 Å². The molecular weight excluding hydrogens is 466 g/mol. The molecule has 1 aromatic heterocycles. The fraction of sp³-hybridized carbons (Fsp3) is 0.733. The molecule has 1 fully saturated rings. The van der Waals surface area contributed by atoms with E-state index >= 15 is 0 Å². The number of rotatable bonds is 6. The van der Waals surface area contributed by atoms with Gasteiger partial charge in [-0.2, -0.15) is 13.2 Å². The smallest absolute Gasteiger partial charge is 0.357 e. The molecule has 0 saturated carbocycles. The van der Waals surface area contributed by atoms with Gasteiger partial charge in [0.15, 0.2) is 11.7 Å². The summed E-state index contributed by atoms with van der Waals surface area (Å²) in [4.78, 5) is 10.3. The second kappa shape index (κ2) is 11.2. The molecule has 2 rings (SSSR count). The zero-order chi connectivity index (χ0) is 17.4. The lowest BCUT2D eigenvalue weighted by Gasteiger charge is -2.26. The van der Waals surface area contributed by atoms with E-state index in [1.165, 1.54) is 19.3 Å². The highest BCUT2D eigenvalue weighted by molar-refractivity contribution is 14.0. The summed E-state index contributed by atoms with van der Waals surface area (Å²) in [5.41, 5.74) is -0.847. The first-order valence-electron chi connectivity index (χ1n) is 8.25. The molecule has 5 nitrogen and oxygen atoms in total. The van der Waals surface area contributed by atoms with Crippen molar-refractivity contribution in [2.24, 2.45) is 4.99 Å². The molecule has 144 valence electrons. The number of nitrogens with one attached hydrogen (secondary N) is 2. The Balaban J connectivity index is 0.00000312. The molecule has 2 heterocycles. The number of piperidine rings is 1. The highest BCUT2D eigenvalue weighted by Gasteiger charge is 2.33. The monoisotopic (exact) mass is 491 g/mol. The van der Waals surface area contributed by atoms with Crippen LogP contribution in [0, 0.1) is 0 Å². The maximum absolute atomic E-state index is 12.5. The van der Waals surface area contributed by atoms with E-state index in [4.69, 9.17) is 0 Å². The Kier molecular flexibility index (Phi) is 10.0. The third-order valence-corrected chi connectivity index (χ3v) is 4.56. The maximum atomic E-state index is 12.5. The van der Waals surface area contributed by atoms with Crippen molar-refractivity contribution < 1.29 is 13.2 Å². The molecule has 0 aliphatic carbocycles. The predicted octanol–water partition coefficient (Wildman–Crippen LogP) is 3.32. The van der Waals surface area contributed by atoms with Crippen LogP contribution >= 0.6 is 35.3 Å². The molecule has 0 amide bonds. The number of likely N-dealkylation sites (tertiary alicyclic amines) is 1. The minimum Gasteiger partial charge on any atom is -0.357 e. The topological polar surface area (TPSA) is 52.6 Å². The molecule has 0 radical (unpaired) electrons. The van der Waals surface area contributed by atoms with Crippen LogP contribution in [0.5, 0.6) is 0 Å². The SMILES string of the molecule is CCNC(=NCc1nc(C(F)(F)F)cs1)NCCN1CCCCC1.I. The van der Waals surface area contributed by atoms with Gasteiger partial charge in [0.1, 0.15) is 5.01 Å². The van der Waals surface area contributed by atoms with Crippen molar-refractivity contribution in [1.82, 2.24) is 20.5 Å². The van der Waals surface area contributed by atoms with Crippen molar-refractivity contribution in [3.8, 4) is 0 Å². The van der Waals surface area contributed by atoms with Gasteiger partial charge in [0.05, 0.1) is 6.54 Å². The van der Waals surface area contributed by atoms with Gasteiger partial charge in [-0.25, -0.2) is 9.98 Å². The number of hydrogen-bond acceptors (Lipinski definition) is 4. The lowest BCUT2D eigenvalue weighted by Crippen LogP contribution is -2.42. The Hall–Kier alpha value is -0.620. The van der Waals surface area contributed by atoms with E-state index in [0.29, 0.717) is 17.5 Å². The quantitative estimate of drug-likeness (QED) is 0.365. The lowest BCUT2D eigenvalue weighted by molar-refractivity contribution is -0.140. The average molecular weight is 491 g/mol. The third kappa shape index (κ3) is 8.07. The molecule has 0 bridgehead atoms. The highest BCUT2D eigenvalue weighted by Crippen LogP contribution is 2.30. The summed E-state index contributed by atoms with van der Waals surface area (Å²) < 4.78 is 37.6. The van der Waals surface area contributed by atoms with Gasteiger partial charge < -0.3 is 15.5 Å². The van der Waals surface area contributed by atoms with Gasteiger partial charge in [0.25, 0.3) is 0 Å². The van der Waals surface area contributed by atoms with Crippen LogP contribution in [0.4, 0.5) is 13.2 Å². The standard InChI is InChI=1S/C15H24F3N5S.HI/c1-2-19-14(20-6-9-23-7-4-3-5-8-23)21-10-13-22-12(11-24-13)15(16,17)18;/h11H,2-10H2,1H3,(H2,19,20,21);1H. The molecule has 0 aromatic carbocycles. The Bertz CT molecular complexity index is 529. The summed E-state index contributed by atoms with van der Waals surface area (Å²) in [5, 5.41) is 7.72. The van der Waals surface area contributed by atoms with Crippen molar-refractivity contribution in [3.05, 3.63) is 16.1 Å². The second-order valence-electron chi connectivity index (χ2n) is 5.65. The first-order valence-corrected chi connectivity index (χ1v) is 9.13. The summed E-state index contributed by atoms with van der Waals surface area (Å²) in [5.74, 6) is 0.610. The van der Waals surface area contributed by atoms with Crippen LogP contribution in [-0.4, -0.2) is 48.6 Å². The van der Waals surface area contributed by atoms with E-state index in [0.717, 1.165) is 42.9 Å². The number of alkyl halides is 3. The summed E-state index contributed by atoms with van der Waals surface area (Å²) in [6.07, 6.45) is -0.586. The van der Waals surface area contributed by atoms with Gasteiger partial charge in [-0.15, -0.1) is 35.3 Å². The highest BCUT2D eigenvalue weighted by atomic mass is 127. The molecule has 0 atom stereocenters. The van der Waals surface area contributed by atoms with E-state index in [1.54, 1.807) is 0 Å². The molecule has 2 N–H and O–H groups in total. The summed E-state index contributed by atoms with van der Waals surface area (Å²) >= 11 is 0.981. The molecule has 1 aromatic rings. The maximum Gasteiger partial charge on any atom is 0.434 e. The molecule has 1 aliphatic rings.